The maximum atomic E-state index is 6.11. The third kappa shape index (κ3) is 2.74. The molecule has 2 aromatic rings. The molecule has 6 heteroatoms. The number of rotatable bonds is 4. The highest BCUT2D eigenvalue weighted by Crippen LogP contribution is 2.38. The van der Waals surface area contributed by atoms with Crippen LogP contribution in [0.5, 0.6) is 5.75 Å². The van der Waals surface area contributed by atoms with E-state index in [4.69, 9.17) is 15.2 Å². The molecule has 1 aromatic heterocycles. The van der Waals surface area contributed by atoms with Gasteiger partial charge in [0, 0.05) is 48.7 Å². The fraction of sp³-hybridized carbons (Fsp3) is 0.438. The summed E-state index contributed by atoms with van der Waals surface area (Å²) in [6.07, 6.45) is 3.93. The lowest BCUT2D eigenvalue weighted by molar-refractivity contribution is 0.122. The molecule has 2 N–H and O–H groups in total. The SMILES string of the molecule is CCn1cc(-c2cc(N)c(OC)cc2N2CCOCC2)cn1. The average Bonchev–Trinajstić information content (AvgIpc) is 3.04. The average molecular weight is 302 g/mol. The Balaban J connectivity index is 2.07. The molecule has 0 amide bonds. The summed E-state index contributed by atoms with van der Waals surface area (Å²) in [4.78, 5) is 2.31. The van der Waals surface area contributed by atoms with Crippen molar-refractivity contribution in [1.29, 1.82) is 0 Å². The van der Waals surface area contributed by atoms with Gasteiger partial charge < -0.3 is 20.1 Å². The van der Waals surface area contributed by atoms with Crippen LogP contribution in [-0.4, -0.2) is 43.2 Å². The minimum atomic E-state index is 0.638. The maximum Gasteiger partial charge on any atom is 0.143 e. The lowest BCUT2D eigenvalue weighted by atomic mass is 10.0. The molecule has 0 atom stereocenters. The van der Waals surface area contributed by atoms with Gasteiger partial charge in [0.2, 0.25) is 0 Å². The van der Waals surface area contributed by atoms with E-state index in [0.717, 1.165) is 49.7 Å². The lowest BCUT2D eigenvalue weighted by Crippen LogP contribution is -2.36. The van der Waals surface area contributed by atoms with E-state index in [9.17, 15) is 0 Å². The molecule has 0 aliphatic carbocycles. The number of nitrogens with zero attached hydrogens (tertiary/aromatic N) is 3. The Labute approximate surface area is 130 Å². The Morgan fingerprint density at radius 1 is 1.32 bits per heavy atom. The molecule has 0 unspecified atom stereocenters. The van der Waals surface area contributed by atoms with E-state index in [1.807, 2.05) is 29.2 Å². The molecule has 0 spiro atoms. The van der Waals surface area contributed by atoms with Crippen molar-refractivity contribution in [3.05, 3.63) is 24.5 Å². The molecule has 0 saturated carbocycles. The van der Waals surface area contributed by atoms with E-state index >= 15 is 0 Å². The highest BCUT2D eigenvalue weighted by atomic mass is 16.5. The Hall–Kier alpha value is -2.21. The van der Waals surface area contributed by atoms with Crippen LogP contribution in [0.3, 0.4) is 0 Å². The summed E-state index contributed by atoms with van der Waals surface area (Å²) in [7, 11) is 1.64. The highest BCUT2D eigenvalue weighted by Gasteiger charge is 2.19. The van der Waals surface area contributed by atoms with Crippen LogP contribution in [0.15, 0.2) is 24.5 Å². The minimum absolute atomic E-state index is 0.638. The monoisotopic (exact) mass is 302 g/mol. The number of ether oxygens (including phenoxy) is 2. The first kappa shape index (κ1) is 14.7. The van der Waals surface area contributed by atoms with Crippen LogP contribution in [0.25, 0.3) is 11.1 Å². The van der Waals surface area contributed by atoms with Crippen LogP contribution < -0.4 is 15.4 Å². The molecular formula is C16H22N4O2. The molecule has 1 aliphatic heterocycles. The molecule has 3 rings (SSSR count). The second kappa shape index (κ2) is 6.27. The summed E-state index contributed by atoms with van der Waals surface area (Å²) in [6.45, 7) is 6.12. The number of aryl methyl sites for hydroxylation is 1. The third-order valence-electron chi connectivity index (χ3n) is 3.97. The van der Waals surface area contributed by atoms with Gasteiger partial charge in [0.05, 0.1) is 32.2 Å². The lowest BCUT2D eigenvalue weighted by Gasteiger charge is -2.31. The van der Waals surface area contributed by atoms with Crippen LogP contribution in [0.4, 0.5) is 11.4 Å². The zero-order valence-electron chi connectivity index (χ0n) is 13.1. The van der Waals surface area contributed by atoms with E-state index < -0.39 is 0 Å². The highest BCUT2D eigenvalue weighted by molar-refractivity contribution is 5.83. The van der Waals surface area contributed by atoms with E-state index in [2.05, 4.69) is 16.9 Å². The number of aromatic nitrogens is 2. The second-order valence-electron chi connectivity index (χ2n) is 5.30. The van der Waals surface area contributed by atoms with Gasteiger partial charge in [-0.25, -0.2) is 0 Å². The smallest absolute Gasteiger partial charge is 0.143 e. The minimum Gasteiger partial charge on any atom is -0.495 e. The second-order valence-corrected chi connectivity index (χ2v) is 5.30. The number of hydrogen-bond donors (Lipinski definition) is 1. The molecule has 1 aliphatic rings. The summed E-state index contributed by atoms with van der Waals surface area (Å²) in [6, 6.07) is 3.99. The predicted octanol–water partition coefficient (Wildman–Crippen LogP) is 2.00. The van der Waals surface area contributed by atoms with Crippen LogP contribution >= 0.6 is 0 Å². The molecule has 22 heavy (non-hydrogen) atoms. The Bertz CT molecular complexity index is 648. The number of nitrogen functional groups attached to an aromatic ring is 1. The van der Waals surface area contributed by atoms with Crippen molar-refractivity contribution in [3.63, 3.8) is 0 Å². The summed E-state index contributed by atoms with van der Waals surface area (Å²) >= 11 is 0. The first-order chi connectivity index (χ1) is 10.7. The van der Waals surface area contributed by atoms with Gasteiger partial charge in [0.15, 0.2) is 0 Å². The Morgan fingerprint density at radius 2 is 2.09 bits per heavy atom. The number of nitrogens with two attached hydrogens (primary N) is 1. The number of morpholine rings is 1. The molecule has 0 bridgehead atoms. The largest absolute Gasteiger partial charge is 0.495 e. The van der Waals surface area contributed by atoms with Crippen molar-refractivity contribution >= 4 is 11.4 Å². The summed E-state index contributed by atoms with van der Waals surface area (Å²) < 4.78 is 12.8. The van der Waals surface area contributed by atoms with Crippen LogP contribution in [0, 0.1) is 0 Å². The van der Waals surface area contributed by atoms with Crippen molar-refractivity contribution in [3.8, 4) is 16.9 Å². The normalized spacial score (nSPS) is 15.1. The van der Waals surface area contributed by atoms with Crippen molar-refractivity contribution in [2.75, 3.05) is 44.0 Å². The fourth-order valence-corrected chi connectivity index (χ4v) is 2.74. The van der Waals surface area contributed by atoms with Crippen molar-refractivity contribution in [2.24, 2.45) is 0 Å². The van der Waals surface area contributed by atoms with E-state index in [1.54, 1.807) is 7.11 Å². The van der Waals surface area contributed by atoms with Crippen molar-refractivity contribution < 1.29 is 9.47 Å². The first-order valence-electron chi connectivity index (χ1n) is 7.56. The predicted molar refractivity (Wildman–Crippen MR) is 87.3 cm³/mol. The Morgan fingerprint density at radius 3 is 2.73 bits per heavy atom. The quantitative estimate of drug-likeness (QED) is 0.875. The van der Waals surface area contributed by atoms with Crippen molar-refractivity contribution in [1.82, 2.24) is 9.78 Å². The van der Waals surface area contributed by atoms with Gasteiger partial charge in [-0.1, -0.05) is 0 Å². The van der Waals surface area contributed by atoms with Gasteiger partial charge in [-0.05, 0) is 13.0 Å². The van der Waals surface area contributed by atoms with Gasteiger partial charge in [0.1, 0.15) is 5.75 Å². The summed E-state index contributed by atoms with van der Waals surface area (Å²) in [5, 5.41) is 4.37. The molecule has 2 heterocycles. The molecule has 118 valence electrons. The standard InChI is InChI=1S/C16H22N4O2/c1-3-20-11-12(10-18-20)13-8-14(17)16(21-2)9-15(13)19-4-6-22-7-5-19/h8-11H,3-7,17H2,1-2H3. The van der Waals surface area contributed by atoms with E-state index in [0.29, 0.717) is 11.4 Å². The summed E-state index contributed by atoms with van der Waals surface area (Å²) in [5.41, 5.74) is 10.0. The molecule has 1 aromatic carbocycles. The number of anilines is 2. The van der Waals surface area contributed by atoms with Gasteiger partial charge in [-0.2, -0.15) is 5.10 Å². The maximum absolute atomic E-state index is 6.11. The number of benzene rings is 1. The summed E-state index contributed by atoms with van der Waals surface area (Å²) in [5.74, 6) is 0.702. The van der Waals surface area contributed by atoms with Gasteiger partial charge in [-0.3, -0.25) is 4.68 Å². The zero-order valence-corrected chi connectivity index (χ0v) is 13.1. The van der Waals surface area contributed by atoms with E-state index in [-0.39, 0.29) is 0 Å². The number of methoxy groups -OCH3 is 1. The first-order valence-corrected chi connectivity index (χ1v) is 7.56. The fourth-order valence-electron chi connectivity index (χ4n) is 2.74. The number of hydrogen-bond acceptors (Lipinski definition) is 5. The molecule has 1 saturated heterocycles. The third-order valence-corrected chi connectivity index (χ3v) is 3.97. The molecule has 1 fully saturated rings. The molecule has 6 nitrogen and oxygen atoms in total. The van der Waals surface area contributed by atoms with Gasteiger partial charge in [-0.15, -0.1) is 0 Å². The Kier molecular flexibility index (Phi) is 4.20. The van der Waals surface area contributed by atoms with Gasteiger partial charge in [0.25, 0.3) is 0 Å². The van der Waals surface area contributed by atoms with Crippen LogP contribution in [0.1, 0.15) is 6.92 Å². The van der Waals surface area contributed by atoms with Gasteiger partial charge >= 0.3 is 0 Å². The zero-order chi connectivity index (χ0) is 15.5. The van der Waals surface area contributed by atoms with Crippen LogP contribution in [0.2, 0.25) is 0 Å². The van der Waals surface area contributed by atoms with Crippen molar-refractivity contribution in [2.45, 2.75) is 13.5 Å². The molecule has 0 radical (unpaired) electrons. The molecular weight excluding hydrogens is 280 g/mol. The van der Waals surface area contributed by atoms with E-state index in [1.165, 1.54) is 0 Å². The van der Waals surface area contributed by atoms with Crippen LogP contribution in [-0.2, 0) is 11.3 Å². The topological polar surface area (TPSA) is 65.5 Å².